The lowest BCUT2D eigenvalue weighted by Gasteiger charge is -2.04. The summed E-state index contributed by atoms with van der Waals surface area (Å²) in [6.07, 6.45) is -0.387. The number of carboxylic acids is 1. The first-order valence-corrected chi connectivity index (χ1v) is 6.15. The molecule has 0 saturated heterocycles. The molecule has 0 radical (unpaired) electrons. The third-order valence-electron chi connectivity index (χ3n) is 2.28. The van der Waals surface area contributed by atoms with E-state index in [2.05, 4.69) is 0 Å². The van der Waals surface area contributed by atoms with Gasteiger partial charge in [0.05, 0.1) is 10.2 Å². The molecule has 88 valence electrons. The predicted octanol–water partition coefficient (Wildman–Crippen LogP) is 1.60. The van der Waals surface area contributed by atoms with Crippen LogP contribution in [0.15, 0.2) is 24.3 Å². The van der Waals surface area contributed by atoms with E-state index in [-0.39, 0.29) is 18.7 Å². The molecule has 1 aromatic carbocycles. The number of hydrogen-bond acceptors (Lipinski definition) is 5. The van der Waals surface area contributed by atoms with Crippen molar-refractivity contribution in [3.05, 3.63) is 28.2 Å². The van der Waals surface area contributed by atoms with Gasteiger partial charge in [0, 0.05) is 12.4 Å². The number of hydrogen-bond donors (Lipinski definition) is 0. The number of carbonyl (C=O) groups is 2. The predicted molar refractivity (Wildman–Crippen MR) is 65.5 cm³/mol. The molecule has 0 aliphatic heterocycles. The summed E-state index contributed by atoms with van der Waals surface area (Å²) < 4.78 is 2.74. The molecule has 1 aromatic heterocycles. The minimum Gasteiger partial charge on any atom is -0.550 e. The lowest BCUT2D eigenvalue weighted by atomic mass is 10.3. The summed E-state index contributed by atoms with van der Waals surface area (Å²) in [7, 11) is 0. The fraction of sp³-hybridized carbons (Fsp3) is 0.182. The summed E-state index contributed by atoms with van der Waals surface area (Å²) >= 11 is 6.44. The van der Waals surface area contributed by atoms with Crippen LogP contribution in [0, 0.1) is 3.95 Å². The molecule has 0 spiro atoms. The zero-order valence-electron chi connectivity index (χ0n) is 8.71. The van der Waals surface area contributed by atoms with Crippen LogP contribution in [-0.4, -0.2) is 16.4 Å². The lowest BCUT2D eigenvalue weighted by molar-refractivity contribution is -0.305. The van der Waals surface area contributed by atoms with Gasteiger partial charge in [-0.1, -0.05) is 12.1 Å². The molecular weight excluding hydrogens is 258 g/mol. The van der Waals surface area contributed by atoms with E-state index in [4.69, 9.17) is 12.2 Å². The number of fused-ring (bicyclic) bond motifs is 1. The van der Waals surface area contributed by atoms with Gasteiger partial charge in [0.15, 0.2) is 3.95 Å². The van der Waals surface area contributed by atoms with Crippen LogP contribution in [0.2, 0.25) is 0 Å². The Hall–Kier alpha value is -1.53. The van der Waals surface area contributed by atoms with Gasteiger partial charge in [-0.3, -0.25) is 9.36 Å². The molecular formula is C11H8NO3S2-. The van der Waals surface area contributed by atoms with E-state index in [9.17, 15) is 14.7 Å². The molecule has 6 heteroatoms. The maximum Gasteiger partial charge on any atom is 0.233 e. The minimum absolute atomic E-state index is 0.0998. The molecule has 1 heterocycles. The van der Waals surface area contributed by atoms with E-state index in [1.165, 1.54) is 15.9 Å². The van der Waals surface area contributed by atoms with Gasteiger partial charge in [-0.25, -0.2) is 0 Å². The van der Waals surface area contributed by atoms with Gasteiger partial charge >= 0.3 is 0 Å². The van der Waals surface area contributed by atoms with Crippen molar-refractivity contribution in [2.75, 3.05) is 0 Å². The molecule has 0 atom stereocenters. The number of carbonyl (C=O) groups excluding carboxylic acids is 2. The van der Waals surface area contributed by atoms with Gasteiger partial charge in [-0.2, -0.15) is 0 Å². The smallest absolute Gasteiger partial charge is 0.233 e. The summed E-state index contributed by atoms with van der Waals surface area (Å²) in [6, 6.07) is 7.34. The maximum atomic E-state index is 11.9. The van der Waals surface area contributed by atoms with Crippen molar-refractivity contribution in [1.82, 2.24) is 4.57 Å². The topological polar surface area (TPSA) is 62.1 Å². The summed E-state index contributed by atoms with van der Waals surface area (Å²) in [5.74, 6) is -1.54. The quantitative estimate of drug-likeness (QED) is 0.792. The zero-order valence-corrected chi connectivity index (χ0v) is 10.3. The van der Waals surface area contributed by atoms with E-state index >= 15 is 0 Å². The standard InChI is InChI=1S/C11H9NO3S2/c13-9(5-6-10(14)15)12-7-3-1-2-4-8(7)17-11(12)16/h1-4H,5-6H2,(H,14,15)/p-1. The Kier molecular flexibility index (Phi) is 3.35. The molecule has 0 saturated carbocycles. The zero-order chi connectivity index (χ0) is 12.4. The molecule has 0 aliphatic carbocycles. The molecule has 0 aliphatic rings. The number of aliphatic carboxylic acids is 1. The Labute approximate surface area is 106 Å². The SMILES string of the molecule is O=C([O-])CCC(=O)n1c(=S)sc2ccccc21. The molecule has 0 bridgehead atoms. The summed E-state index contributed by atoms with van der Waals surface area (Å²) in [5.41, 5.74) is 0.728. The van der Waals surface area contributed by atoms with Crippen molar-refractivity contribution in [2.24, 2.45) is 0 Å². The number of carboxylic acid groups (broad SMARTS) is 1. The van der Waals surface area contributed by atoms with Crippen molar-refractivity contribution in [3.63, 3.8) is 0 Å². The van der Waals surface area contributed by atoms with E-state index in [0.717, 1.165) is 10.2 Å². The molecule has 4 nitrogen and oxygen atoms in total. The van der Waals surface area contributed by atoms with Gasteiger partial charge < -0.3 is 9.90 Å². The van der Waals surface area contributed by atoms with Crippen molar-refractivity contribution in [1.29, 1.82) is 0 Å². The molecule has 2 aromatic rings. The van der Waals surface area contributed by atoms with Crippen LogP contribution in [0.1, 0.15) is 17.6 Å². The first-order valence-electron chi connectivity index (χ1n) is 4.93. The number of thiazole rings is 1. The van der Waals surface area contributed by atoms with Gasteiger partial charge in [-0.15, -0.1) is 11.3 Å². The van der Waals surface area contributed by atoms with Crippen LogP contribution in [0.4, 0.5) is 0 Å². The van der Waals surface area contributed by atoms with Crippen molar-refractivity contribution >= 4 is 45.6 Å². The second kappa shape index (κ2) is 4.77. The van der Waals surface area contributed by atoms with Crippen molar-refractivity contribution < 1.29 is 14.7 Å². The number of nitrogens with zero attached hydrogens (tertiary/aromatic N) is 1. The van der Waals surface area contributed by atoms with Crippen LogP contribution in [0.25, 0.3) is 10.2 Å². The average molecular weight is 266 g/mol. The third kappa shape index (κ3) is 2.42. The minimum atomic E-state index is -1.23. The Morgan fingerprint density at radius 2 is 2.00 bits per heavy atom. The second-order valence-electron chi connectivity index (χ2n) is 3.44. The largest absolute Gasteiger partial charge is 0.550 e. The first kappa shape index (κ1) is 11.9. The van der Waals surface area contributed by atoms with Crippen LogP contribution >= 0.6 is 23.6 Å². The van der Waals surface area contributed by atoms with E-state index in [1.54, 1.807) is 6.07 Å². The van der Waals surface area contributed by atoms with Crippen LogP contribution < -0.4 is 5.11 Å². The number of benzene rings is 1. The lowest BCUT2D eigenvalue weighted by Crippen LogP contribution is -2.23. The summed E-state index contributed by atoms with van der Waals surface area (Å²) in [5, 5.41) is 10.3. The summed E-state index contributed by atoms with van der Waals surface area (Å²) in [4.78, 5) is 22.2. The fourth-order valence-electron chi connectivity index (χ4n) is 1.52. The third-order valence-corrected chi connectivity index (χ3v) is 3.63. The number of aromatic nitrogens is 1. The monoisotopic (exact) mass is 266 g/mol. The fourth-order valence-corrected chi connectivity index (χ4v) is 2.88. The number of para-hydroxylation sites is 1. The highest BCUT2D eigenvalue weighted by molar-refractivity contribution is 7.73. The van der Waals surface area contributed by atoms with Gasteiger partial charge in [0.25, 0.3) is 0 Å². The van der Waals surface area contributed by atoms with Crippen LogP contribution in [0.3, 0.4) is 0 Å². The highest BCUT2D eigenvalue weighted by Gasteiger charge is 2.11. The molecule has 2 rings (SSSR count). The Morgan fingerprint density at radius 3 is 2.71 bits per heavy atom. The van der Waals surface area contributed by atoms with E-state index in [1.807, 2.05) is 18.2 Å². The Balaban J connectivity index is 2.41. The first-order chi connectivity index (χ1) is 8.09. The Bertz CT molecular complexity index is 641. The molecule has 17 heavy (non-hydrogen) atoms. The number of rotatable bonds is 3. The van der Waals surface area contributed by atoms with Crippen molar-refractivity contribution in [3.8, 4) is 0 Å². The van der Waals surface area contributed by atoms with Crippen LogP contribution in [-0.2, 0) is 4.79 Å². The van der Waals surface area contributed by atoms with Gasteiger partial charge in [0.2, 0.25) is 5.91 Å². The highest BCUT2D eigenvalue weighted by Crippen LogP contribution is 2.23. The molecule has 0 amide bonds. The van der Waals surface area contributed by atoms with Gasteiger partial charge in [0.1, 0.15) is 0 Å². The van der Waals surface area contributed by atoms with E-state index < -0.39 is 5.97 Å². The molecule has 0 N–H and O–H groups in total. The molecule has 0 fully saturated rings. The normalized spacial score (nSPS) is 10.6. The summed E-state index contributed by atoms with van der Waals surface area (Å²) in [6.45, 7) is 0. The average Bonchev–Trinajstić information content (AvgIpc) is 2.61. The second-order valence-corrected chi connectivity index (χ2v) is 5.11. The highest BCUT2D eigenvalue weighted by atomic mass is 32.1. The maximum absolute atomic E-state index is 11.9. The van der Waals surface area contributed by atoms with Crippen molar-refractivity contribution in [2.45, 2.75) is 12.8 Å². The van der Waals surface area contributed by atoms with Crippen LogP contribution in [0.5, 0.6) is 0 Å². The van der Waals surface area contributed by atoms with Gasteiger partial charge in [-0.05, 0) is 30.8 Å². The van der Waals surface area contributed by atoms with E-state index in [0.29, 0.717) is 3.95 Å². The molecule has 0 unspecified atom stereocenters. The Morgan fingerprint density at radius 1 is 1.29 bits per heavy atom.